The molecule has 0 saturated heterocycles. The molecule has 0 aliphatic rings. The Morgan fingerprint density at radius 2 is 1.88 bits per heavy atom. The molecule has 0 aromatic heterocycles. The standard InChI is InChI=1S/C13H22ClNOSi/c1-13(2,3)12(16-17(4)5)11-9(14)7-6-8-10(11)15/h6-8,12,17H,15H2,1-5H3. The molecule has 2 N–H and O–H groups in total. The van der Waals surface area contributed by atoms with Crippen molar-refractivity contribution in [2.75, 3.05) is 5.73 Å². The van der Waals surface area contributed by atoms with Crippen molar-refractivity contribution in [3.05, 3.63) is 28.8 Å². The number of hydrogen-bond acceptors (Lipinski definition) is 2. The van der Waals surface area contributed by atoms with Gasteiger partial charge in [0.05, 0.1) is 6.10 Å². The van der Waals surface area contributed by atoms with Crippen LogP contribution in [0.25, 0.3) is 0 Å². The predicted octanol–water partition coefficient (Wildman–Crippen LogP) is 4.01. The van der Waals surface area contributed by atoms with Crippen LogP contribution in [-0.4, -0.2) is 9.04 Å². The van der Waals surface area contributed by atoms with Crippen LogP contribution in [0.5, 0.6) is 0 Å². The fourth-order valence-corrected chi connectivity index (χ4v) is 3.18. The first-order valence-electron chi connectivity index (χ1n) is 5.93. The first-order chi connectivity index (χ1) is 7.73. The summed E-state index contributed by atoms with van der Waals surface area (Å²) in [5.41, 5.74) is 7.68. The molecular formula is C13H22ClNOSi. The van der Waals surface area contributed by atoms with Crippen LogP contribution in [0.2, 0.25) is 18.1 Å². The molecule has 1 aromatic carbocycles. The average Bonchev–Trinajstić information content (AvgIpc) is 2.13. The van der Waals surface area contributed by atoms with E-state index in [-0.39, 0.29) is 11.5 Å². The Morgan fingerprint density at radius 1 is 1.29 bits per heavy atom. The summed E-state index contributed by atoms with van der Waals surface area (Å²) in [6.45, 7) is 10.8. The Labute approximate surface area is 111 Å². The van der Waals surface area contributed by atoms with Crippen molar-refractivity contribution in [3.8, 4) is 0 Å². The molecule has 0 saturated carbocycles. The Hall–Kier alpha value is -0.513. The van der Waals surface area contributed by atoms with E-state index in [1.54, 1.807) is 0 Å². The molecule has 96 valence electrons. The lowest BCUT2D eigenvalue weighted by Gasteiger charge is -2.34. The fraction of sp³-hybridized carbons (Fsp3) is 0.538. The molecule has 0 radical (unpaired) electrons. The van der Waals surface area contributed by atoms with Crippen LogP contribution in [0, 0.1) is 5.41 Å². The highest BCUT2D eigenvalue weighted by Gasteiger charge is 2.30. The summed E-state index contributed by atoms with van der Waals surface area (Å²) in [7, 11) is -1.15. The third kappa shape index (κ3) is 3.73. The zero-order chi connectivity index (χ0) is 13.2. The van der Waals surface area contributed by atoms with Crippen molar-refractivity contribution in [1.29, 1.82) is 0 Å². The lowest BCUT2D eigenvalue weighted by molar-refractivity contribution is 0.0873. The van der Waals surface area contributed by atoms with Crippen LogP contribution in [-0.2, 0) is 4.43 Å². The Morgan fingerprint density at radius 3 is 2.29 bits per heavy atom. The molecule has 1 rings (SSSR count). The average molecular weight is 272 g/mol. The summed E-state index contributed by atoms with van der Waals surface area (Å²) in [5, 5.41) is 0.694. The molecule has 0 bridgehead atoms. The zero-order valence-corrected chi connectivity index (χ0v) is 13.2. The molecule has 0 aliphatic heterocycles. The van der Waals surface area contributed by atoms with E-state index in [4.69, 9.17) is 21.8 Å². The molecule has 1 aromatic rings. The summed E-state index contributed by atoms with van der Waals surface area (Å²) in [6.07, 6.45) is -0.0390. The van der Waals surface area contributed by atoms with Gasteiger partial charge in [0.2, 0.25) is 0 Å². The zero-order valence-electron chi connectivity index (χ0n) is 11.3. The van der Waals surface area contributed by atoms with Gasteiger partial charge < -0.3 is 10.2 Å². The van der Waals surface area contributed by atoms with Crippen LogP contribution >= 0.6 is 11.6 Å². The molecule has 0 fully saturated rings. The van der Waals surface area contributed by atoms with Gasteiger partial charge in [0.1, 0.15) is 0 Å². The van der Waals surface area contributed by atoms with Crippen LogP contribution in [0.1, 0.15) is 32.4 Å². The third-order valence-electron chi connectivity index (χ3n) is 2.54. The second-order valence-corrected chi connectivity index (χ2v) is 8.45. The molecule has 0 amide bonds. The number of halogens is 1. The summed E-state index contributed by atoms with van der Waals surface area (Å²) >= 11 is 6.27. The summed E-state index contributed by atoms with van der Waals surface area (Å²) in [6, 6.07) is 5.62. The van der Waals surface area contributed by atoms with Crippen LogP contribution in [0.15, 0.2) is 18.2 Å². The number of nitrogens with two attached hydrogens (primary N) is 1. The maximum absolute atomic E-state index is 6.27. The molecule has 2 nitrogen and oxygen atoms in total. The minimum atomic E-state index is -1.15. The van der Waals surface area contributed by atoms with Gasteiger partial charge in [-0.15, -0.1) is 0 Å². The molecule has 0 heterocycles. The van der Waals surface area contributed by atoms with E-state index in [2.05, 4.69) is 33.9 Å². The van der Waals surface area contributed by atoms with Gasteiger partial charge >= 0.3 is 0 Å². The Balaban J connectivity index is 3.22. The normalized spacial score (nSPS) is 14.1. The van der Waals surface area contributed by atoms with Crippen LogP contribution < -0.4 is 5.73 Å². The maximum atomic E-state index is 6.27. The number of nitrogen functional groups attached to an aromatic ring is 1. The van der Waals surface area contributed by atoms with Gasteiger partial charge in [0.15, 0.2) is 9.04 Å². The van der Waals surface area contributed by atoms with Crippen molar-refractivity contribution in [1.82, 2.24) is 0 Å². The first kappa shape index (κ1) is 14.5. The van der Waals surface area contributed by atoms with Gasteiger partial charge in [0, 0.05) is 16.3 Å². The minimum absolute atomic E-state index is 0.0175. The molecule has 1 atom stereocenters. The monoisotopic (exact) mass is 271 g/mol. The minimum Gasteiger partial charge on any atom is -0.413 e. The largest absolute Gasteiger partial charge is 0.413 e. The molecule has 0 aliphatic carbocycles. The number of rotatable bonds is 3. The van der Waals surface area contributed by atoms with Crippen molar-refractivity contribution in [2.24, 2.45) is 5.41 Å². The lowest BCUT2D eigenvalue weighted by atomic mass is 9.84. The number of hydrogen-bond donors (Lipinski definition) is 1. The fourth-order valence-electron chi connectivity index (χ4n) is 1.81. The lowest BCUT2D eigenvalue weighted by Crippen LogP contribution is -2.27. The van der Waals surface area contributed by atoms with Gasteiger partial charge in [-0.2, -0.15) is 0 Å². The van der Waals surface area contributed by atoms with E-state index >= 15 is 0 Å². The van der Waals surface area contributed by atoms with Gasteiger partial charge in [-0.3, -0.25) is 0 Å². The van der Waals surface area contributed by atoms with Gasteiger partial charge in [-0.05, 0) is 30.6 Å². The van der Waals surface area contributed by atoms with Gasteiger partial charge in [-0.25, -0.2) is 0 Å². The molecular weight excluding hydrogens is 250 g/mol. The number of benzene rings is 1. The summed E-state index contributed by atoms with van der Waals surface area (Å²) < 4.78 is 6.14. The molecule has 0 spiro atoms. The topological polar surface area (TPSA) is 35.2 Å². The van der Waals surface area contributed by atoms with Crippen LogP contribution in [0.4, 0.5) is 5.69 Å². The quantitative estimate of drug-likeness (QED) is 0.666. The van der Waals surface area contributed by atoms with Crippen molar-refractivity contribution < 1.29 is 4.43 Å². The highest BCUT2D eigenvalue weighted by atomic mass is 35.5. The van der Waals surface area contributed by atoms with E-state index in [9.17, 15) is 0 Å². The molecule has 4 heteroatoms. The van der Waals surface area contributed by atoms with E-state index < -0.39 is 9.04 Å². The Kier molecular flexibility index (Phi) is 4.64. The Bertz CT molecular complexity index is 367. The second kappa shape index (κ2) is 5.42. The van der Waals surface area contributed by atoms with E-state index in [0.717, 1.165) is 5.56 Å². The molecule has 1 unspecified atom stereocenters. The van der Waals surface area contributed by atoms with Crippen LogP contribution in [0.3, 0.4) is 0 Å². The van der Waals surface area contributed by atoms with Crippen molar-refractivity contribution in [2.45, 2.75) is 40.0 Å². The predicted molar refractivity (Wildman–Crippen MR) is 78.0 cm³/mol. The maximum Gasteiger partial charge on any atom is 0.171 e. The number of anilines is 1. The second-order valence-electron chi connectivity index (χ2n) is 5.67. The van der Waals surface area contributed by atoms with E-state index in [1.807, 2.05) is 18.2 Å². The van der Waals surface area contributed by atoms with Crippen molar-refractivity contribution in [3.63, 3.8) is 0 Å². The third-order valence-corrected chi connectivity index (χ3v) is 3.69. The summed E-state index contributed by atoms with van der Waals surface area (Å²) in [5.74, 6) is 0. The van der Waals surface area contributed by atoms with Crippen molar-refractivity contribution >= 4 is 26.3 Å². The highest BCUT2D eigenvalue weighted by Crippen LogP contribution is 2.42. The van der Waals surface area contributed by atoms with Gasteiger partial charge in [0.25, 0.3) is 0 Å². The SMILES string of the molecule is C[SiH](C)OC(c1c(N)cccc1Cl)C(C)(C)C. The smallest absolute Gasteiger partial charge is 0.171 e. The molecule has 17 heavy (non-hydrogen) atoms. The highest BCUT2D eigenvalue weighted by molar-refractivity contribution is 6.48. The van der Waals surface area contributed by atoms with Gasteiger partial charge in [-0.1, -0.05) is 38.4 Å². The van der Waals surface area contributed by atoms with E-state index in [1.165, 1.54) is 0 Å². The first-order valence-corrected chi connectivity index (χ1v) is 9.08. The summed E-state index contributed by atoms with van der Waals surface area (Å²) in [4.78, 5) is 0. The van der Waals surface area contributed by atoms with E-state index in [0.29, 0.717) is 10.7 Å².